The van der Waals surface area contributed by atoms with Gasteiger partial charge in [-0.05, 0) is 44.9 Å². The van der Waals surface area contributed by atoms with Crippen molar-refractivity contribution >= 4 is 32.5 Å². The van der Waals surface area contributed by atoms with E-state index in [0.717, 1.165) is 40.5 Å². The van der Waals surface area contributed by atoms with Gasteiger partial charge in [0.1, 0.15) is 5.52 Å². The maximum atomic E-state index is 13.2. The second-order valence-corrected chi connectivity index (χ2v) is 9.04. The molecule has 0 bridgehead atoms. The molecule has 0 saturated heterocycles. The van der Waals surface area contributed by atoms with Gasteiger partial charge in [0.15, 0.2) is 0 Å². The number of nitrogens with zero attached hydrogens (tertiary/aromatic N) is 3. The molecule has 4 aromatic rings. The Morgan fingerprint density at radius 1 is 1.30 bits per heavy atom. The Bertz CT molecular complexity index is 1220. The van der Waals surface area contributed by atoms with Gasteiger partial charge in [0, 0.05) is 29.4 Å². The van der Waals surface area contributed by atoms with E-state index >= 15 is 0 Å². The number of hydrogen-bond acceptors (Lipinski definition) is 4. The predicted molar refractivity (Wildman–Crippen MR) is 127 cm³/mol. The van der Waals surface area contributed by atoms with Gasteiger partial charge in [-0.15, -0.1) is 17.9 Å². The third-order valence-corrected chi connectivity index (χ3v) is 6.57. The monoisotopic (exact) mass is 420 g/mol. The minimum Gasteiger partial charge on any atom is -0.331 e. The summed E-state index contributed by atoms with van der Waals surface area (Å²) in [6.45, 7) is 10.3. The van der Waals surface area contributed by atoms with Gasteiger partial charge in [-0.25, -0.2) is 4.68 Å². The number of aryl methyl sites for hydroxylation is 2. The Kier molecular flexibility index (Phi) is 6.16. The van der Waals surface area contributed by atoms with Crippen LogP contribution in [0.3, 0.4) is 0 Å². The standard InChI is InChI=1S/C24H28N4OS/c1-4-13-27-21-15-18(3)30-23(21)20-16-26-28(24(29)22(20)27)14-11-17(2)25-12-10-19-8-6-5-7-9-19/h4-9,15-17,25H,1,10-14H2,2-3H3. The lowest BCUT2D eigenvalue weighted by atomic mass is 10.1. The smallest absolute Gasteiger partial charge is 0.291 e. The normalized spacial score (nSPS) is 12.6. The molecule has 156 valence electrons. The zero-order chi connectivity index (χ0) is 21.1. The summed E-state index contributed by atoms with van der Waals surface area (Å²) < 4.78 is 4.81. The summed E-state index contributed by atoms with van der Waals surface area (Å²) in [7, 11) is 0. The molecule has 0 aliphatic rings. The van der Waals surface area contributed by atoms with Crippen LogP contribution in [0.4, 0.5) is 0 Å². The number of nitrogens with one attached hydrogen (secondary N) is 1. The van der Waals surface area contributed by atoms with Crippen LogP contribution in [0.2, 0.25) is 0 Å². The van der Waals surface area contributed by atoms with Gasteiger partial charge in [0.2, 0.25) is 0 Å². The summed E-state index contributed by atoms with van der Waals surface area (Å²) in [5.41, 5.74) is 3.14. The van der Waals surface area contributed by atoms with Crippen molar-refractivity contribution in [2.45, 2.75) is 45.8 Å². The van der Waals surface area contributed by atoms with Gasteiger partial charge < -0.3 is 9.88 Å². The quantitative estimate of drug-likeness (QED) is 0.405. The molecule has 0 aliphatic heterocycles. The molecule has 1 aromatic carbocycles. The Morgan fingerprint density at radius 2 is 2.10 bits per heavy atom. The first-order valence-corrected chi connectivity index (χ1v) is 11.3. The lowest BCUT2D eigenvalue weighted by Crippen LogP contribution is -2.32. The highest BCUT2D eigenvalue weighted by atomic mass is 32.1. The molecule has 0 saturated carbocycles. The Balaban J connectivity index is 1.48. The van der Waals surface area contributed by atoms with E-state index in [0.29, 0.717) is 19.1 Å². The first-order valence-electron chi connectivity index (χ1n) is 10.4. The maximum Gasteiger partial charge on any atom is 0.291 e. The average molecular weight is 421 g/mol. The van der Waals surface area contributed by atoms with E-state index in [9.17, 15) is 4.79 Å². The molecule has 5 nitrogen and oxygen atoms in total. The van der Waals surface area contributed by atoms with Gasteiger partial charge in [-0.3, -0.25) is 4.79 Å². The highest BCUT2D eigenvalue weighted by Gasteiger charge is 2.17. The molecule has 0 amide bonds. The fourth-order valence-electron chi connectivity index (χ4n) is 3.92. The molecule has 30 heavy (non-hydrogen) atoms. The fraction of sp³-hybridized carbons (Fsp3) is 0.333. The van der Waals surface area contributed by atoms with E-state index in [4.69, 9.17) is 0 Å². The van der Waals surface area contributed by atoms with Crippen molar-refractivity contribution in [3.05, 3.63) is 76.0 Å². The van der Waals surface area contributed by atoms with Gasteiger partial charge in [-0.2, -0.15) is 5.10 Å². The minimum atomic E-state index is -0.0214. The van der Waals surface area contributed by atoms with Gasteiger partial charge >= 0.3 is 0 Å². The number of hydrogen-bond donors (Lipinski definition) is 1. The van der Waals surface area contributed by atoms with Crippen molar-refractivity contribution in [1.82, 2.24) is 19.7 Å². The van der Waals surface area contributed by atoms with Crippen LogP contribution in [0.15, 0.2) is 60.0 Å². The summed E-state index contributed by atoms with van der Waals surface area (Å²) >= 11 is 1.72. The van der Waals surface area contributed by atoms with Gasteiger partial charge in [0.25, 0.3) is 5.56 Å². The molecule has 0 fully saturated rings. The highest BCUT2D eigenvalue weighted by Crippen LogP contribution is 2.33. The van der Waals surface area contributed by atoms with E-state index in [2.05, 4.69) is 65.7 Å². The van der Waals surface area contributed by atoms with Gasteiger partial charge in [-0.1, -0.05) is 36.4 Å². The molecule has 3 aromatic heterocycles. The Hall–Kier alpha value is -2.70. The first kappa shape index (κ1) is 20.6. The molecule has 1 N–H and O–H groups in total. The van der Waals surface area contributed by atoms with Crippen molar-refractivity contribution in [1.29, 1.82) is 0 Å². The number of benzene rings is 1. The second-order valence-electron chi connectivity index (χ2n) is 7.79. The van der Waals surface area contributed by atoms with Crippen LogP contribution >= 0.6 is 11.3 Å². The van der Waals surface area contributed by atoms with E-state index in [-0.39, 0.29) is 5.56 Å². The van der Waals surface area contributed by atoms with Crippen molar-refractivity contribution < 1.29 is 0 Å². The number of fused-ring (bicyclic) bond motifs is 3. The predicted octanol–water partition coefficient (Wildman–Crippen LogP) is 4.52. The third-order valence-electron chi connectivity index (χ3n) is 5.49. The minimum absolute atomic E-state index is 0.0214. The summed E-state index contributed by atoms with van der Waals surface area (Å²) in [6.07, 6.45) is 5.54. The zero-order valence-corrected chi connectivity index (χ0v) is 18.4. The lowest BCUT2D eigenvalue weighted by molar-refractivity contribution is 0.452. The first-order chi connectivity index (χ1) is 14.6. The SMILES string of the molecule is C=CCn1c2cc(C)sc2c2cnn(CCC(C)NCCc3ccccc3)c(=O)c21. The average Bonchev–Trinajstić information content (AvgIpc) is 3.25. The molecule has 0 radical (unpaired) electrons. The van der Waals surface area contributed by atoms with E-state index in [1.54, 1.807) is 16.0 Å². The van der Waals surface area contributed by atoms with Crippen molar-refractivity contribution in [3.63, 3.8) is 0 Å². The van der Waals surface area contributed by atoms with Crippen LogP contribution in [-0.2, 0) is 19.5 Å². The topological polar surface area (TPSA) is 51.9 Å². The van der Waals surface area contributed by atoms with Crippen LogP contribution in [0.5, 0.6) is 0 Å². The van der Waals surface area contributed by atoms with Crippen molar-refractivity contribution in [2.24, 2.45) is 0 Å². The summed E-state index contributed by atoms with van der Waals surface area (Å²) in [5.74, 6) is 0. The Labute approximate surface area is 180 Å². The summed E-state index contributed by atoms with van der Waals surface area (Å²) in [5, 5.41) is 8.98. The lowest BCUT2D eigenvalue weighted by Gasteiger charge is -2.14. The van der Waals surface area contributed by atoms with E-state index in [1.807, 2.05) is 18.3 Å². The number of thiophene rings is 1. The van der Waals surface area contributed by atoms with E-state index in [1.165, 1.54) is 10.4 Å². The van der Waals surface area contributed by atoms with Crippen molar-refractivity contribution in [3.8, 4) is 0 Å². The van der Waals surface area contributed by atoms with Crippen LogP contribution < -0.4 is 10.9 Å². The highest BCUT2D eigenvalue weighted by molar-refractivity contribution is 7.20. The molecule has 6 heteroatoms. The largest absolute Gasteiger partial charge is 0.331 e. The molecule has 1 unspecified atom stereocenters. The van der Waals surface area contributed by atoms with Crippen LogP contribution in [0, 0.1) is 6.92 Å². The number of aromatic nitrogens is 3. The molecular formula is C24H28N4OS. The zero-order valence-electron chi connectivity index (χ0n) is 17.6. The third kappa shape index (κ3) is 4.11. The fourth-order valence-corrected chi connectivity index (χ4v) is 4.95. The molecule has 0 aliphatic carbocycles. The number of allylic oxidation sites excluding steroid dienone is 1. The van der Waals surface area contributed by atoms with Crippen LogP contribution in [0.1, 0.15) is 23.8 Å². The molecule has 3 heterocycles. The van der Waals surface area contributed by atoms with E-state index < -0.39 is 0 Å². The molecule has 0 spiro atoms. The summed E-state index contributed by atoms with van der Waals surface area (Å²) in [6, 6.07) is 12.9. The number of rotatable bonds is 9. The molecule has 1 atom stereocenters. The second kappa shape index (κ2) is 8.98. The van der Waals surface area contributed by atoms with Crippen molar-refractivity contribution in [2.75, 3.05) is 6.54 Å². The van der Waals surface area contributed by atoms with Crippen LogP contribution in [0.25, 0.3) is 21.1 Å². The molecule has 4 rings (SSSR count). The maximum absolute atomic E-state index is 13.2. The summed E-state index contributed by atoms with van der Waals surface area (Å²) in [4.78, 5) is 14.5. The molecular weight excluding hydrogens is 392 g/mol. The van der Waals surface area contributed by atoms with Gasteiger partial charge in [0.05, 0.1) is 16.4 Å². The Morgan fingerprint density at radius 3 is 2.87 bits per heavy atom. The van der Waals surface area contributed by atoms with Crippen LogP contribution in [-0.4, -0.2) is 26.9 Å².